The van der Waals surface area contributed by atoms with Crippen molar-refractivity contribution in [2.45, 2.75) is 20.0 Å². The maximum absolute atomic E-state index is 9.44. The van der Waals surface area contributed by atoms with Crippen molar-refractivity contribution in [2.24, 2.45) is 5.73 Å². The van der Waals surface area contributed by atoms with Crippen LogP contribution in [0.1, 0.15) is 23.1 Å². The van der Waals surface area contributed by atoms with Crippen molar-refractivity contribution in [1.82, 2.24) is 10.2 Å². The van der Waals surface area contributed by atoms with Crippen molar-refractivity contribution >= 4 is 0 Å². The summed E-state index contributed by atoms with van der Waals surface area (Å²) in [7, 11) is 0. The molecular formula is C8H13N3O. The summed E-state index contributed by atoms with van der Waals surface area (Å²) >= 11 is 0. The van der Waals surface area contributed by atoms with Crippen molar-refractivity contribution in [3.8, 4) is 0 Å². The molecule has 0 aromatic carbocycles. The van der Waals surface area contributed by atoms with Gasteiger partial charge in [0.25, 0.3) is 0 Å². The van der Waals surface area contributed by atoms with Crippen molar-refractivity contribution in [1.29, 1.82) is 0 Å². The van der Waals surface area contributed by atoms with Crippen LogP contribution in [-0.4, -0.2) is 21.8 Å². The van der Waals surface area contributed by atoms with E-state index in [9.17, 15) is 5.11 Å². The first-order valence-electron chi connectivity index (χ1n) is 3.84. The van der Waals surface area contributed by atoms with Crippen LogP contribution < -0.4 is 5.73 Å². The number of aliphatic hydroxyl groups excluding tert-OH is 1. The molecule has 66 valence electrons. The Morgan fingerprint density at radius 1 is 1.50 bits per heavy atom. The van der Waals surface area contributed by atoms with E-state index in [1.807, 2.05) is 6.92 Å². The maximum Gasteiger partial charge on any atom is 0.0930 e. The van der Waals surface area contributed by atoms with Gasteiger partial charge in [0.2, 0.25) is 0 Å². The van der Waals surface area contributed by atoms with E-state index < -0.39 is 6.10 Å². The monoisotopic (exact) mass is 167 g/mol. The molecule has 1 aromatic rings. The first-order chi connectivity index (χ1) is 5.65. The zero-order valence-electron chi connectivity index (χ0n) is 7.28. The highest BCUT2D eigenvalue weighted by Gasteiger charge is 2.09. The summed E-state index contributed by atoms with van der Waals surface area (Å²) in [5.74, 6) is 0. The average molecular weight is 167 g/mol. The third-order valence-corrected chi connectivity index (χ3v) is 1.72. The molecule has 0 spiro atoms. The molecule has 0 radical (unpaired) electrons. The zero-order valence-corrected chi connectivity index (χ0v) is 7.28. The van der Waals surface area contributed by atoms with Crippen LogP contribution >= 0.6 is 0 Å². The van der Waals surface area contributed by atoms with Gasteiger partial charge in [0.15, 0.2) is 0 Å². The van der Waals surface area contributed by atoms with Gasteiger partial charge in [0.05, 0.1) is 17.5 Å². The lowest BCUT2D eigenvalue weighted by molar-refractivity contribution is 0.185. The lowest BCUT2D eigenvalue weighted by Crippen LogP contribution is -2.14. The van der Waals surface area contributed by atoms with Crippen LogP contribution in [0.2, 0.25) is 0 Å². The third kappa shape index (κ3) is 1.78. The standard InChI is InChI=1S/C8H13N3O/c1-5-3-7(8(12)4-9)6(2)11-10-5/h3,8,12H,4,9H2,1-2H3. The Kier molecular flexibility index (Phi) is 2.73. The molecule has 0 aliphatic carbocycles. The molecule has 1 atom stereocenters. The van der Waals surface area contributed by atoms with Crippen LogP contribution in [0.25, 0.3) is 0 Å². The SMILES string of the molecule is Cc1cc(C(O)CN)c(C)nn1. The van der Waals surface area contributed by atoms with E-state index in [2.05, 4.69) is 10.2 Å². The van der Waals surface area contributed by atoms with Crippen LogP contribution in [0, 0.1) is 13.8 Å². The summed E-state index contributed by atoms with van der Waals surface area (Å²) in [5.41, 5.74) is 7.62. The second-order valence-corrected chi connectivity index (χ2v) is 2.78. The molecule has 0 aliphatic rings. The summed E-state index contributed by atoms with van der Waals surface area (Å²) in [5, 5.41) is 17.2. The topological polar surface area (TPSA) is 72.0 Å². The molecule has 0 aliphatic heterocycles. The van der Waals surface area contributed by atoms with E-state index in [0.29, 0.717) is 0 Å². The summed E-state index contributed by atoms with van der Waals surface area (Å²) in [6.07, 6.45) is -0.626. The van der Waals surface area contributed by atoms with Gasteiger partial charge in [-0.2, -0.15) is 10.2 Å². The van der Waals surface area contributed by atoms with E-state index in [1.165, 1.54) is 0 Å². The highest BCUT2D eigenvalue weighted by atomic mass is 16.3. The Labute approximate surface area is 71.4 Å². The molecule has 1 unspecified atom stereocenters. The van der Waals surface area contributed by atoms with Gasteiger partial charge < -0.3 is 10.8 Å². The molecule has 0 saturated carbocycles. The number of hydrogen-bond donors (Lipinski definition) is 2. The van der Waals surface area contributed by atoms with E-state index in [-0.39, 0.29) is 6.54 Å². The van der Waals surface area contributed by atoms with Crippen molar-refractivity contribution < 1.29 is 5.11 Å². The first kappa shape index (κ1) is 9.09. The molecule has 1 aromatic heterocycles. The second kappa shape index (κ2) is 3.60. The fourth-order valence-electron chi connectivity index (χ4n) is 1.03. The van der Waals surface area contributed by atoms with E-state index >= 15 is 0 Å². The molecule has 4 nitrogen and oxygen atoms in total. The molecule has 0 amide bonds. The van der Waals surface area contributed by atoms with Gasteiger partial charge in [-0.25, -0.2) is 0 Å². The van der Waals surface area contributed by atoms with Gasteiger partial charge in [-0.1, -0.05) is 0 Å². The molecule has 3 N–H and O–H groups in total. The van der Waals surface area contributed by atoms with Crippen molar-refractivity contribution in [3.63, 3.8) is 0 Å². The highest BCUT2D eigenvalue weighted by Crippen LogP contribution is 2.14. The minimum Gasteiger partial charge on any atom is -0.387 e. The summed E-state index contributed by atoms with van der Waals surface area (Å²) < 4.78 is 0. The molecule has 12 heavy (non-hydrogen) atoms. The Morgan fingerprint density at radius 3 is 2.75 bits per heavy atom. The largest absolute Gasteiger partial charge is 0.387 e. The minimum atomic E-state index is -0.626. The maximum atomic E-state index is 9.44. The fraction of sp³-hybridized carbons (Fsp3) is 0.500. The Bertz CT molecular complexity index is 275. The van der Waals surface area contributed by atoms with Crippen LogP contribution in [0.15, 0.2) is 6.07 Å². The van der Waals surface area contributed by atoms with E-state index in [0.717, 1.165) is 17.0 Å². The normalized spacial score (nSPS) is 13.0. The number of hydrogen-bond acceptors (Lipinski definition) is 4. The number of nitrogens with two attached hydrogens (primary N) is 1. The predicted molar refractivity (Wildman–Crippen MR) is 45.5 cm³/mol. The average Bonchev–Trinajstić information content (AvgIpc) is 2.08. The summed E-state index contributed by atoms with van der Waals surface area (Å²) in [6, 6.07) is 1.81. The number of aliphatic hydroxyl groups is 1. The smallest absolute Gasteiger partial charge is 0.0930 e. The van der Waals surface area contributed by atoms with Gasteiger partial charge in [0.1, 0.15) is 0 Å². The second-order valence-electron chi connectivity index (χ2n) is 2.78. The van der Waals surface area contributed by atoms with Crippen LogP contribution in [0.3, 0.4) is 0 Å². The molecule has 0 saturated heterocycles. The van der Waals surface area contributed by atoms with Crippen LogP contribution in [0.5, 0.6) is 0 Å². The molecular weight excluding hydrogens is 154 g/mol. The predicted octanol–water partition coefficient (Wildman–Crippen LogP) is 0.0855. The number of aryl methyl sites for hydroxylation is 2. The molecule has 0 bridgehead atoms. The Morgan fingerprint density at radius 2 is 2.17 bits per heavy atom. The Balaban J connectivity index is 3.04. The molecule has 0 fully saturated rings. The number of nitrogens with zero attached hydrogens (tertiary/aromatic N) is 2. The molecule has 4 heteroatoms. The molecule has 1 heterocycles. The lowest BCUT2D eigenvalue weighted by atomic mass is 10.1. The summed E-state index contributed by atoms with van der Waals surface area (Å²) in [4.78, 5) is 0. The zero-order chi connectivity index (χ0) is 9.14. The third-order valence-electron chi connectivity index (χ3n) is 1.72. The van der Waals surface area contributed by atoms with Crippen molar-refractivity contribution in [2.75, 3.05) is 6.54 Å². The number of aromatic nitrogens is 2. The molecule has 1 rings (SSSR count). The first-order valence-corrected chi connectivity index (χ1v) is 3.84. The van der Waals surface area contributed by atoms with Crippen molar-refractivity contribution in [3.05, 3.63) is 23.0 Å². The van der Waals surface area contributed by atoms with Crippen LogP contribution in [0.4, 0.5) is 0 Å². The van der Waals surface area contributed by atoms with Gasteiger partial charge in [-0.05, 0) is 19.9 Å². The van der Waals surface area contributed by atoms with Gasteiger partial charge in [-0.3, -0.25) is 0 Å². The van der Waals surface area contributed by atoms with E-state index in [4.69, 9.17) is 5.73 Å². The fourth-order valence-corrected chi connectivity index (χ4v) is 1.03. The quantitative estimate of drug-likeness (QED) is 0.654. The number of rotatable bonds is 2. The minimum absolute atomic E-state index is 0.214. The van der Waals surface area contributed by atoms with Crippen LogP contribution in [-0.2, 0) is 0 Å². The van der Waals surface area contributed by atoms with Gasteiger partial charge >= 0.3 is 0 Å². The van der Waals surface area contributed by atoms with E-state index in [1.54, 1.807) is 13.0 Å². The Hall–Kier alpha value is -1.00. The summed E-state index contributed by atoms with van der Waals surface area (Å²) in [6.45, 7) is 3.85. The van der Waals surface area contributed by atoms with Gasteiger partial charge in [0, 0.05) is 12.1 Å². The lowest BCUT2D eigenvalue weighted by Gasteiger charge is -2.09. The van der Waals surface area contributed by atoms with Gasteiger partial charge in [-0.15, -0.1) is 0 Å². The highest BCUT2D eigenvalue weighted by molar-refractivity contribution is 5.22.